The third-order valence-electron chi connectivity index (χ3n) is 3.03. The molecule has 0 radical (unpaired) electrons. The van der Waals surface area contributed by atoms with E-state index in [1.807, 2.05) is 25.7 Å². The fourth-order valence-corrected chi connectivity index (χ4v) is 2.04. The van der Waals surface area contributed by atoms with Crippen molar-refractivity contribution in [3.8, 4) is 0 Å². The number of hydrogen-bond acceptors (Lipinski definition) is 3. The van der Waals surface area contributed by atoms with Crippen molar-refractivity contribution in [2.75, 3.05) is 19.7 Å². The third-order valence-corrected chi connectivity index (χ3v) is 3.84. The lowest BCUT2D eigenvalue weighted by Crippen LogP contribution is -2.42. The van der Waals surface area contributed by atoms with Gasteiger partial charge >= 0.3 is 0 Å². The van der Waals surface area contributed by atoms with Gasteiger partial charge in [0.1, 0.15) is 0 Å². The smallest absolute Gasteiger partial charge is 0.235 e. The van der Waals surface area contributed by atoms with Crippen LogP contribution in [-0.2, 0) is 9.53 Å². The van der Waals surface area contributed by atoms with Crippen molar-refractivity contribution in [1.29, 1.82) is 0 Å². The lowest BCUT2D eigenvalue weighted by Gasteiger charge is -2.27. The van der Waals surface area contributed by atoms with Gasteiger partial charge in [-0.15, -0.1) is 0 Å². The minimum Gasteiger partial charge on any atom is -0.376 e. The zero-order valence-electron chi connectivity index (χ0n) is 10.5. The molecule has 0 saturated carbocycles. The van der Waals surface area contributed by atoms with Crippen molar-refractivity contribution in [3.05, 3.63) is 0 Å². The normalized spacial score (nSPS) is 22.4. The molecule has 16 heavy (non-hydrogen) atoms. The van der Waals surface area contributed by atoms with Crippen molar-refractivity contribution in [2.45, 2.75) is 45.0 Å². The molecule has 0 bridgehead atoms. The van der Waals surface area contributed by atoms with E-state index in [0.29, 0.717) is 0 Å². The number of carbonyl (C=O) groups excluding carboxylic acids is 1. The molecule has 3 nitrogen and oxygen atoms in total. The summed E-state index contributed by atoms with van der Waals surface area (Å²) in [5.74, 6) is 0.408. The molecule has 1 aliphatic rings. The zero-order valence-corrected chi connectivity index (χ0v) is 11.4. The average molecular weight is 245 g/mol. The second-order valence-electron chi connectivity index (χ2n) is 4.70. The van der Waals surface area contributed by atoms with Crippen LogP contribution in [0.4, 0.5) is 0 Å². The van der Waals surface area contributed by atoms with E-state index in [0.717, 1.165) is 32.5 Å². The summed E-state index contributed by atoms with van der Waals surface area (Å²) < 4.78 is 5.56. The lowest BCUT2D eigenvalue weighted by atomic mass is 10.1. The molecule has 1 amide bonds. The van der Waals surface area contributed by atoms with Crippen LogP contribution in [0.1, 0.15) is 33.6 Å². The Kier molecular flexibility index (Phi) is 5.62. The maximum absolute atomic E-state index is 12.1. The Balaban J connectivity index is 2.48. The second kappa shape index (κ2) is 6.50. The summed E-state index contributed by atoms with van der Waals surface area (Å²) in [6.45, 7) is 8.35. The first-order chi connectivity index (χ1) is 7.56. The monoisotopic (exact) mass is 245 g/mol. The Labute approximate surface area is 104 Å². The third kappa shape index (κ3) is 3.67. The van der Waals surface area contributed by atoms with Crippen LogP contribution in [0.15, 0.2) is 0 Å². The van der Waals surface area contributed by atoms with Gasteiger partial charge in [-0.2, -0.15) is 12.6 Å². The molecule has 0 aliphatic carbocycles. The first-order valence-electron chi connectivity index (χ1n) is 6.14. The van der Waals surface area contributed by atoms with E-state index < -0.39 is 0 Å². The second-order valence-corrected chi connectivity index (χ2v) is 5.26. The van der Waals surface area contributed by atoms with Crippen molar-refractivity contribution >= 4 is 18.5 Å². The van der Waals surface area contributed by atoms with Crippen molar-refractivity contribution in [2.24, 2.45) is 5.92 Å². The maximum Gasteiger partial charge on any atom is 0.235 e. The molecule has 1 heterocycles. The standard InChI is InChI=1S/C12H23NO2S/c1-4-13(8-10-6-5-7-15-10)12(14)11(16)9(2)3/h9-11,16H,4-8H2,1-3H3. The highest BCUT2D eigenvalue weighted by Gasteiger charge is 2.26. The molecule has 1 rings (SSSR count). The van der Waals surface area contributed by atoms with Gasteiger partial charge in [-0.05, 0) is 25.7 Å². The zero-order chi connectivity index (χ0) is 12.1. The summed E-state index contributed by atoms with van der Waals surface area (Å²) in [6.07, 6.45) is 2.42. The van der Waals surface area contributed by atoms with Crippen molar-refractivity contribution < 1.29 is 9.53 Å². The molecule has 1 saturated heterocycles. The SMILES string of the molecule is CCN(CC1CCCO1)C(=O)C(S)C(C)C. The van der Waals surface area contributed by atoms with Crippen LogP contribution in [0.25, 0.3) is 0 Å². The van der Waals surface area contributed by atoms with Gasteiger partial charge in [0.05, 0.1) is 11.4 Å². The summed E-state index contributed by atoms with van der Waals surface area (Å²) >= 11 is 4.38. The van der Waals surface area contributed by atoms with E-state index in [1.54, 1.807) is 0 Å². The molecular weight excluding hydrogens is 222 g/mol. The van der Waals surface area contributed by atoms with Crippen LogP contribution in [0.5, 0.6) is 0 Å². The molecule has 0 aromatic heterocycles. The average Bonchev–Trinajstić information content (AvgIpc) is 2.76. The largest absolute Gasteiger partial charge is 0.376 e. The van der Waals surface area contributed by atoms with Gasteiger partial charge in [0, 0.05) is 19.7 Å². The number of amides is 1. The highest BCUT2D eigenvalue weighted by molar-refractivity contribution is 7.81. The van der Waals surface area contributed by atoms with E-state index in [9.17, 15) is 4.79 Å². The van der Waals surface area contributed by atoms with Gasteiger partial charge in [-0.25, -0.2) is 0 Å². The molecule has 1 aliphatic heterocycles. The molecule has 0 aromatic carbocycles. The molecule has 2 unspecified atom stereocenters. The first-order valence-corrected chi connectivity index (χ1v) is 6.66. The molecule has 0 N–H and O–H groups in total. The number of thiol groups is 1. The number of carbonyl (C=O) groups is 1. The minimum absolute atomic E-state index is 0.135. The number of rotatable bonds is 5. The summed E-state index contributed by atoms with van der Waals surface area (Å²) in [5, 5.41) is -0.193. The molecule has 2 atom stereocenters. The van der Waals surface area contributed by atoms with E-state index in [4.69, 9.17) is 4.74 Å². The predicted molar refractivity (Wildman–Crippen MR) is 68.8 cm³/mol. The number of likely N-dealkylation sites (N-methyl/N-ethyl adjacent to an activating group) is 1. The van der Waals surface area contributed by atoms with Gasteiger partial charge in [-0.1, -0.05) is 13.8 Å². The van der Waals surface area contributed by atoms with Crippen LogP contribution in [0.3, 0.4) is 0 Å². The summed E-state index contributed by atoms with van der Waals surface area (Å²) in [4.78, 5) is 14.0. The number of hydrogen-bond donors (Lipinski definition) is 1. The van der Waals surface area contributed by atoms with E-state index >= 15 is 0 Å². The molecular formula is C12H23NO2S. The molecule has 0 spiro atoms. The van der Waals surface area contributed by atoms with Crippen LogP contribution < -0.4 is 0 Å². The van der Waals surface area contributed by atoms with Gasteiger partial charge < -0.3 is 9.64 Å². The molecule has 4 heteroatoms. The molecule has 0 aromatic rings. The van der Waals surface area contributed by atoms with Gasteiger partial charge in [0.25, 0.3) is 0 Å². The topological polar surface area (TPSA) is 29.5 Å². The minimum atomic E-state index is -0.193. The predicted octanol–water partition coefficient (Wildman–Crippen LogP) is 1.97. The maximum atomic E-state index is 12.1. The fraction of sp³-hybridized carbons (Fsp3) is 0.917. The Morgan fingerprint density at radius 3 is 2.69 bits per heavy atom. The highest BCUT2D eigenvalue weighted by Crippen LogP contribution is 2.17. The fourth-order valence-electron chi connectivity index (χ4n) is 1.88. The van der Waals surface area contributed by atoms with Crippen LogP contribution >= 0.6 is 12.6 Å². The van der Waals surface area contributed by atoms with Crippen LogP contribution in [-0.4, -0.2) is 41.9 Å². The quantitative estimate of drug-likeness (QED) is 0.750. The molecule has 1 fully saturated rings. The number of ether oxygens (including phenoxy) is 1. The van der Waals surface area contributed by atoms with Crippen molar-refractivity contribution in [3.63, 3.8) is 0 Å². The Morgan fingerprint density at radius 1 is 1.56 bits per heavy atom. The highest BCUT2D eigenvalue weighted by atomic mass is 32.1. The van der Waals surface area contributed by atoms with Crippen molar-refractivity contribution in [1.82, 2.24) is 4.90 Å². The Hall–Kier alpha value is -0.220. The Morgan fingerprint density at radius 2 is 2.25 bits per heavy atom. The Bertz CT molecular complexity index is 227. The molecule has 94 valence electrons. The van der Waals surface area contributed by atoms with E-state index in [-0.39, 0.29) is 23.2 Å². The van der Waals surface area contributed by atoms with Gasteiger partial charge in [0.2, 0.25) is 5.91 Å². The summed E-state index contributed by atoms with van der Waals surface area (Å²) in [7, 11) is 0. The lowest BCUT2D eigenvalue weighted by molar-refractivity contribution is -0.132. The number of nitrogens with zero attached hydrogens (tertiary/aromatic N) is 1. The van der Waals surface area contributed by atoms with Crippen LogP contribution in [0, 0.1) is 5.92 Å². The summed E-state index contributed by atoms with van der Waals surface area (Å²) in [5.41, 5.74) is 0. The van der Waals surface area contributed by atoms with E-state index in [2.05, 4.69) is 12.6 Å². The van der Waals surface area contributed by atoms with Crippen LogP contribution in [0.2, 0.25) is 0 Å². The van der Waals surface area contributed by atoms with Gasteiger partial charge in [-0.3, -0.25) is 4.79 Å². The summed E-state index contributed by atoms with van der Waals surface area (Å²) in [6, 6.07) is 0. The first kappa shape index (κ1) is 13.8. The van der Waals surface area contributed by atoms with E-state index in [1.165, 1.54) is 0 Å². The van der Waals surface area contributed by atoms with Gasteiger partial charge in [0.15, 0.2) is 0 Å².